The first-order valence-electron chi connectivity index (χ1n) is 11.2. The Labute approximate surface area is 179 Å². The zero-order valence-corrected chi connectivity index (χ0v) is 18.0. The van der Waals surface area contributed by atoms with Gasteiger partial charge in [-0.2, -0.15) is 0 Å². The van der Waals surface area contributed by atoms with Crippen molar-refractivity contribution in [3.8, 4) is 11.5 Å². The minimum atomic E-state index is 0.154. The molecular formula is C25H32N2O3. The van der Waals surface area contributed by atoms with Crippen molar-refractivity contribution >= 4 is 11.6 Å². The Hall–Kier alpha value is -2.56. The number of anilines is 1. The van der Waals surface area contributed by atoms with Crippen molar-refractivity contribution < 1.29 is 14.3 Å². The van der Waals surface area contributed by atoms with Gasteiger partial charge in [-0.1, -0.05) is 31.9 Å². The van der Waals surface area contributed by atoms with Crippen LogP contribution >= 0.6 is 0 Å². The molecular weight excluding hydrogens is 376 g/mol. The fourth-order valence-corrected chi connectivity index (χ4v) is 4.04. The topological polar surface area (TPSA) is 51.7 Å². The number of ether oxygens (including phenoxy) is 2. The average molecular weight is 409 g/mol. The molecule has 160 valence electrons. The average Bonchev–Trinajstić information content (AvgIpc) is 3.45. The molecule has 30 heavy (non-hydrogen) atoms. The summed E-state index contributed by atoms with van der Waals surface area (Å²) in [6.45, 7) is 6.29. The molecule has 1 aromatic carbocycles. The third-order valence-corrected chi connectivity index (χ3v) is 6.03. The van der Waals surface area contributed by atoms with Gasteiger partial charge in [-0.15, -0.1) is 0 Å². The summed E-state index contributed by atoms with van der Waals surface area (Å²) >= 11 is 0. The smallest absolute Gasteiger partial charge is 0.137 e. The number of pyridine rings is 1. The lowest BCUT2D eigenvalue weighted by Crippen LogP contribution is -2.25. The fraction of sp³-hybridized carbons (Fsp3) is 0.520. The van der Waals surface area contributed by atoms with Gasteiger partial charge in [-0.3, -0.25) is 0 Å². The zero-order valence-electron chi connectivity index (χ0n) is 18.0. The Morgan fingerprint density at radius 3 is 2.57 bits per heavy atom. The van der Waals surface area contributed by atoms with Crippen LogP contribution in [0.15, 0.2) is 42.6 Å². The summed E-state index contributed by atoms with van der Waals surface area (Å²) in [4.78, 5) is 18.2. The van der Waals surface area contributed by atoms with E-state index in [2.05, 4.69) is 28.9 Å². The van der Waals surface area contributed by atoms with Crippen LogP contribution in [0.2, 0.25) is 0 Å². The van der Waals surface area contributed by atoms with Crippen LogP contribution in [-0.2, 0) is 4.79 Å². The first-order valence-corrected chi connectivity index (χ1v) is 11.2. The highest BCUT2D eigenvalue weighted by Crippen LogP contribution is 2.32. The second-order valence-electron chi connectivity index (χ2n) is 8.78. The van der Waals surface area contributed by atoms with Crippen LogP contribution in [0.4, 0.5) is 5.82 Å². The van der Waals surface area contributed by atoms with Crippen LogP contribution in [0.3, 0.4) is 0 Å². The van der Waals surface area contributed by atoms with E-state index in [-0.39, 0.29) is 17.8 Å². The Bertz CT molecular complexity index is 830. The highest BCUT2D eigenvalue weighted by atomic mass is 16.5. The SMILES string of the molecule is CC(=O)C[C@@H](C)c1ccc(OC2CCN(c3ccc(OCCC4CC4)cn3)C2)cc1. The number of aromatic nitrogens is 1. The molecule has 1 aromatic heterocycles. The molecule has 0 radical (unpaired) electrons. The Kier molecular flexibility index (Phi) is 6.56. The number of hydrogen-bond donors (Lipinski definition) is 0. The van der Waals surface area contributed by atoms with Crippen molar-refractivity contribution in [2.45, 2.75) is 58.0 Å². The zero-order chi connectivity index (χ0) is 20.9. The summed E-state index contributed by atoms with van der Waals surface area (Å²) in [6.07, 6.45) is 7.42. The molecule has 2 aliphatic rings. The molecule has 0 spiro atoms. The van der Waals surface area contributed by atoms with Crippen molar-refractivity contribution in [2.75, 3.05) is 24.6 Å². The molecule has 1 saturated heterocycles. The summed E-state index contributed by atoms with van der Waals surface area (Å²) in [7, 11) is 0. The monoisotopic (exact) mass is 408 g/mol. The minimum absolute atomic E-state index is 0.154. The summed E-state index contributed by atoms with van der Waals surface area (Å²) in [6, 6.07) is 12.2. The second-order valence-corrected chi connectivity index (χ2v) is 8.78. The van der Waals surface area contributed by atoms with E-state index in [9.17, 15) is 4.79 Å². The highest BCUT2D eigenvalue weighted by Gasteiger charge is 2.25. The standard InChI is InChI=1S/C25H32N2O3/c1-18(15-19(2)28)21-5-7-22(8-6-21)30-24-11-13-27(17-24)25-10-9-23(16-26-25)29-14-12-20-3-4-20/h5-10,16,18,20,24H,3-4,11-15,17H2,1-2H3/t18-,24?/m1/s1. The van der Waals surface area contributed by atoms with E-state index in [0.29, 0.717) is 6.42 Å². The lowest BCUT2D eigenvalue weighted by atomic mass is 9.96. The summed E-state index contributed by atoms with van der Waals surface area (Å²) in [5.74, 6) is 4.06. The van der Waals surface area contributed by atoms with Gasteiger partial charge in [0.05, 0.1) is 19.3 Å². The molecule has 0 amide bonds. The van der Waals surface area contributed by atoms with E-state index in [1.807, 2.05) is 30.5 Å². The summed E-state index contributed by atoms with van der Waals surface area (Å²) in [5.41, 5.74) is 1.18. The van der Waals surface area contributed by atoms with Crippen molar-refractivity contribution in [3.63, 3.8) is 0 Å². The highest BCUT2D eigenvalue weighted by molar-refractivity contribution is 5.76. The summed E-state index contributed by atoms with van der Waals surface area (Å²) in [5, 5.41) is 0. The molecule has 1 aliphatic heterocycles. The Morgan fingerprint density at radius 1 is 1.13 bits per heavy atom. The van der Waals surface area contributed by atoms with E-state index in [1.54, 1.807) is 6.92 Å². The number of benzene rings is 1. The molecule has 2 fully saturated rings. The van der Waals surface area contributed by atoms with Gasteiger partial charge in [0.1, 0.15) is 29.2 Å². The van der Waals surface area contributed by atoms with Crippen LogP contribution in [0, 0.1) is 5.92 Å². The lowest BCUT2D eigenvalue weighted by Gasteiger charge is -2.19. The molecule has 0 bridgehead atoms. The van der Waals surface area contributed by atoms with Gasteiger partial charge in [0.2, 0.25) is 0 Å². The maximum atomic E-state index is 11.3. The predicted molar refractivity (Wildman–Crippen MR) is 118 cm³/mol. The summed E-state index contributed by atoms with van der Waals surface area (Å²) < 4.78 is 12.0. The van der Waals surface area contributed by atoms with Gasteiger partial charge in [-0.25, -0.2) is 4.98 Å². The van der Waals surface area contributed by atoms with Gasteiger partial charge in [0.15, 0.2) is 0 Å². The third kappa shape index (κ3) is 5.74. The quantitative estimate of drug-likeness (QED) is 0.554. The molecule has 5 nitrogen and oxygen atoms in total. The molecule has 1 aliphatic carbocycles. The maximum absolute atomic E-state index is 11.3. The van der Waals surface area contributed by atoms with Crippen LogP contribution in [0.1, 0.15) is 57.4 Å². The molecule has 1 saturated carbocycles. The number of carbonyl (C=O) groups excluding carboxylic acids is 1. The molecule has 2 aromatic rings. The Morgan fingerprint density at radius 2 is 1.90 bits per heavy atom. The number of Topliss-reactive ketones (excluding diaryl/α,β-unsaturated/α-hetero) is 1. The Balaban J connectivity index is 1.25. The number of hydrogen-bond acceptors (Lipinski definition) is 5. The molecule has 2 heterocycles. The molecule has 1 unspecified atom stereocenters. The van der Waals surface area contributed by atoms with Gasteiger partial charge < -0.3 is 19.2 Å². The fourth-order valence-electron chi connectivity index (χ4n) is 4.04. The van der Waals surface area contributed by atoms with E-state index >= 15 is 0 Å². The van der Waals surface area contributed by atoms with Gasteiger partial charge in [0, 0.05) is 19.4 Å². The van der Waals surface area contributed by atoms with Crippen molar-refractivity contribution in [1.29, 1.82) is 0 Å². The predicted octanol–water partition coefficient (Wildman–Crippen LogP) is 5.00. The molecule has 0 N–H and O–H groups in total. The van der Waals surface area contributed by atoms with Crippen LogP contribution < -0.4 is 14.4 Å². The first kappa shape index (κ1) is 20.7. The normalized spacial score (nSPS) is 19.5. The van der Waals surface area contributed by atoms with Crippen LogP contribution in [0.5, 0.6) is 11.5 Å². The largest absolute Gasteiger partial charge is 0.492 e. The van der Waals surface area contributed by atoms with Crippen LogP contribution in [0.25, 0.3) is 0 Å². The van der Waals surface area contributed by atoms with Crippen molar-refractivity contribution in [2.24, 2.45) is 5.92 Å². The number of carbonyl (C=O) groups is 1. The van der Waals surface area contributed by atoms with Crippen molar-refractivity contribution in [1.82, 2.24) is 4.98 Å². The molecule has 4 rings (SSSR count). The van der Waals surface area contributed by atoms with E-state index in [1.165, 1.54) is 18.4 Å². The number of nitrogens with zero attached hydrogens (tertiary/aromatic N) is 2. The molecule has 2 atom stereocenters. The first-order chi connectivity index (χ1) is 14.6. The van der Waals surface area contributed by atoms with Crippen molar-refractivity contribution in [3.05, 3.63) is 48.2 Å². The second kappa shape index (κ2) is 9.50. The van der Waals surface area contributed by atoms with E-state index < -0.39 is 0 Å². The minimum Gasteiger partial charge on any atom is -0.492 e. The van der Waals surface area contributed by atoms with E-state index in [4.69, 9.17) is 9.47 Å². The van der Waals surface area contributed by atoms with Gasteiger partial charge in [-0.05, 0) is 55.0 Å². The number of rotatable bonds is 10. The van der Waals surface area contributed by atoms with Crippen LogP contribution in [-0.4, -0.2) is 36.6 Å². The number of ketones is 1. The van der Waals surface area contributed by atoms with Gasteiger partial charge in [0.25, 0.3) is 0 Å². The lowest BCUT2D eigenvalue weighted by molar-refractivity contribution is -0.117. The van der Waals surface area contributed by atoms with E-state index in [0.717, 1.165) is 55.8 Å². The van der Waals surface area contributed by atoms with Gasteiger partial charge >= 0.3 is 0 Å². The third-order valence-electron chi connectivity index (χ3n) is 6.03. The maximum Gasteiger partial charge on any atom is 0.137 e. The molecule has 5 heteroatoms.